The Morgan fingerprint density at radius 2 is 2.00 bits per heavy atom. The second-order valence-electron chi connectivity index (χ2n) is 4.12. The van der Waals surface area contributed by atoms with Crippen molar-refractivity contribution in [3.05, 3.63) is 35.9 Å². The van der Waals surface area contributed by atoms with Crippen LogP contribution in [0.2, 0.25) is 0 Å². The first-order valence-electron chi connectivity index (χ1n) is 5.66. The van der Waals surface area contributed by atoms with Crippen LogP contribution in [0.4, 0.5) is 0 Å². The van der Waals surface area contributed by atoms with Gasteiger partial charge in [-0.05, 0) is 31.4 Å². The van der Waals surface area contributed by atoms with Gasteiger partial charge in [0, 0.05) is 12.1 Å². The fourth-order valence-corrected chi connectivity index (χ4v) is 2.08. The monoisotopic (exact) mass is 205 g/mol. The third-order valence-electron chi connectivity index (χ3n) is 2.94. The summed E-state index contributed by atoms with van der Waals surface area (Å²) >= 11 is 0. The van der Waals surface area contributed by atoms with Crippen LogP contribution in [0.1, 0.15) is 30.9 Å². The molecule has 4 N–H and O–H groups in total. The molecule has 15 heavy (non-hydrogen) atoms. The van der Waals surface area contributed by atoms with Crippen LogP contribution in [-0.4, -0.2) is 12.6 Å². The molecule has 0 radical (unpaired) electrons. The Kier molecular flexibility index (Phi) is 3.72. The molecule has 1 aromatic carbocycles. The topological polar surface area (TPSA) is 50.1 Å². The third kappa shape index (κ3) is 2.78. The van der Waals surface area contributed by atoms with Gasteiger partial charge >= 0.3 is 0 Å². The van der Waals surface area contributed by atoms with Crippen LogP contribution in [0.3, 0.4) is 0 Å². The average Bonchev–Trinajstić information content (AvgIpc) is 2.76. The van der Waals surface area contributed by atoms with Crippen molar-refractivity contribution >= 4 is 0 Å². The summed E-state index contributed by atoms with van der Waals surface area (Å²) < 4.78 is 0. The molecule has 0 aliphatic carbocycles. The van der Waals surface area contributed by atoms with Gasteiger partial charge in [-0.1, -0.05) is 30.3 Å². The molecule has 1 saturated heterocycles. The Morgan fingerprint density at radius 1 is 1.20 bits per heavy atom. The summed E-state index contributed by atoms with van der Waals surface area (Å²) in [6.45, 7) is 0.786. The first-order chi connectivity index (χ1) is 7.40. The van der Waals surface area contributed by atoms with E-state index >= 15 is 0 Å². The first-order valence-corrected chi connectivity index (χ1v) is 5.66. The lowest BCUT2D eigenvalue weighted by atomic mass is 10.00. The third-order valence-corrected chi connectivity index (χ3v) is 2.94. The quantitative estimate of drug-likeness (QED) is 0.695. The van der Waals surface area contributed by atoms with E-state index in [0.717, 1.165) is 25.8 Å². The molecule has 2 atom stereocenters. The lowest BCUT2D eigenvalue weighted by Gasteiger charge is -2.09. The number of benzene rings is 1. The minimum atomic E-state index is 0.453. The molecule has 3 nitrogen and oxygen atoms in total. The lowest BCUT2D eigenvalue weighted by molar-refractivity contribution is 0.505. The number of hydrogen-bond acceptors (Lipinski definition) is 3. The largest absolute Gasteiger partial charge is 0.330 e. The molecule has 3 heteroatoms. The van der Waals surface area contributed by atoms with Gasteiger partial charge in [0.1, 0.15) is 0 Å². The zero-order valence-electron chi connectivity index (χ0n) is 8.95. The summed E-state index contributed by atoms with van der Waals surface area (Å²) in [5, 5.41) is 0. The minimum absolute atomic E-state index is 0.453. The van der Waals surface area contributed by atoms with Gasteiger partial charge in [-0.15, -0.1) is 0 Å². The highest BCUT2D eigenvalue weighted by Gasteiger charge is 2.23. The van der Waals surface area contributed by atoms with Crippen LogP contribution >= 0.6 is 0 Å². The standard InChI is InChI=1S/C12H19N3/c13-8-4-7-11-9-12(15-14-11)10-5-2-1-3-6-10/h1-3,5-6,11-12,14-15H,4,7-9,13H2. The SMILES string of the molecule is NCCCC1CC(c2ccccc2)NN1. The van der Waals surface area contributed by atoms with E-state index in [4.69, 9.17) is 5.73 Å². The van der Waals surface area contributed by atoms with E-state index in [-0.39, 0.29) is 0 Å². The molecule has 1 aromatic rings. The van der Waals surface area contributed by atoms with Crippen molar-refractivity contribution in [2.75, 3.05) is 6.54 Å². The molecule has 1 aliphatic heterocycles. The van der Waals surface area contributed by atoms with E-state index in [1.54, 1.807) is 0 Å². The molecule has 1 aliphatic rings. The molecular weight excluding hydrogens is 186 g/mol. The zero-order valence-corrected chi connectivity index (χ0v) is 8.95. The van der Waals surface area contributed by atoms with Crippen molar-refractivity contribution in [3.8, 4) is 0 Å². The van der Waals surface area contributed by atoms with E-state index in [1.165, 1.54) is 5.56 Å². The van der Waals surface area contributed by atoms with Crippen molar-refractivity contribution in [2.24, 2.45) is 5.73 Å². The predicted octanol–water partition coefficient (Wildman–Crippen LogP) is 1.33. The fraction of sp³-hybridized carbons (Fsp3) is 0.500. The number of hydrazine groups is 1. The van der Waals surface area contributed by atoms with Crippen LogP contribution < -0.4 is 16.6 Å². The van der Waals surface area contributed by atoms with Crippen LogP contribution in [0.25, 0.3) is 0 Å². The lowest BCUT2D eigenvalue weighted by Crippen LogP contribution is -2.31. The fourth-order valence-electron chi connectivity index (χ4n) is 2.08. The molecule has 0 bridgehead atoms. The highest BCUT2D eigenvalue weighted by molar-refractivity contribution is 5.19. The number of nitrogens with one attached hydrogen (secondary N) is 2. The molecule has 0 amide bonds. The van der Waals surface area contributed by atoms with Crippen molar-refractivity contribution in [2.45, 2.75) is 31.3 Å². The molecule has 2 unspecified atom stereocenters. The van der Waals surface area contributed by atoms with E-state index in [1.807, 2.05) is 0 Å². The molecule has 82 valence electrons. The van der Waals surface area contributed by atoms with Gasteiger partial charge in [0.05, 0.1) is 0 Å². The summed E-state index contributed by atoms with van der Waals surface area (Å²) in [6, 6.07) is 11.6. The summed E-state index contributed by atoms with van der Waals surface area (Å²) in [6.07, 6.45) is 3.41. The Morgan fingerprint density at radius 3 is 2.73 bits per heavy atom. The van der Waals surface area contributed by atoms with Gasteiger partial charge in [0.15, 0.2) is 0 Å². The van der Waals surface area contributed by atoms with Gasteiger partial charge in [0.25, 0.3) is 0 Å². The predicted molar refractivity (Wildman–Crippen MR) is 62.1 cm³/mol. The van der Waals surface area contributed by atoms with E-state index in [0.29, 0.717) is 12.1 Å². The zero-order chi connectivity index (χ0) is 10.5. The van der Waals surface area contributed by atoms with Gasteiger partial charge in [-0.3, -0.25) is 10.9 Å². The van der Waals surface area contributed by atoms with E-state index < -0.39 is 0 Å². The van der Waals surface area contributed by atoms with Gasteiger partial charge in [-0.2, -0.15) is 0 Å². The minimum Gasteiger partial charge on any atom is -0.330 e. The maximum absolute atomic E-state index is 5.50. The van der Waals surface area contributed by atoms with Gasteiger partial charge < -0.3 is 5.73 Å². The Bertz CT molecular complexity index is 286. The average molecular weight is 205 g/mol. The normalized spacial score (nSPS) is 25.7. The van der Waals surface area contributed by atoms with Crippen LogP contribution in [-0.2, 0) is 0 Å². The summed E-state index contributed by atoms with van der Waals surface area (Å²) in [5.41, 5.74) is 13.5. The smallest absolute Gasteiger partial charge is 0.0477 e. The summed E-state index contributed by atoms with van der Waals surface area (Å²) in [5.74, 6) is 0. The van der Waals surface area contributed by atoms with Crippen molar-refractivity contribution in [3.63, 3.8) is 0 Å². The first kappa shape index (κ1) is 10.6. The Labute approximate surface area is 91.0 Å². The highest BCUT2D eigenvalue weighted by atomic mass is 15.4. The van der Waals surface area contributed by atoms with Gasteiger partial charge in [0.2, 0.25) is 0 Å². The number of nitrogens with two attached hydrogens (primary N) is 1. The van der Waals surface area contributed by atoms with Crippen LogP contribution in [0.15, 0.2) is 30.3 Å². The Balaban J connectivity index is 1.87. The molecule has 2 rings (SSSR count). The Hall–Kier alpha value is -0.900. The van der Waals surface area contributed by atoms with Crippen molar-refractivity contribution in [1.29, 1.82) is 0 Å². The van der Waals surface area contributed by atoms with Crippen LogP contribution in [0.5, 0.6) is 0 Å². The maximum atomic E-state index is 5.50. The van der Waals surface area contributed by atoms with Gasteiger partial charge in [-0.25, -0.2) is 0 Å². The summed E-state index contributed by atoms with van der Waals surface area (Å²) in [7, 11) is 0. The molecular formula is C12H19N3. The second kappa shape index (κ2) is 5.26. The van der Waals surface area contributed by atoms with Crippen molar-refractivity contribution < 1.29 is 0 Å². The summed E-state index contributed by atoms with van der Waals surface area (Å²) in [4.78, 5) is 0. The number of rotatable bonds is 4. The van der Waals surface area contributed by atoms with Crippen LogP contribution in [0, 0.1) is 0 Å². The van der Waals surface area contributed by atoms with E-state index in [2.05, 4.69) is 41.2 Å². The molecule has 0 aromatic heterocycles. The second-order valence-corrected chi connectivity index (χ2v) is 4.12. The molecule has 0 saturated carbocycles. The molecule has 1 heterocycles. The molecule has 1 fully saturated rings. The van der Waals surface area contributed by atoms with Crippen molar-refractivity contribution in [1.82, 2.24) is 10.9 Å². The maximum Gasteiger partial charge on any atom is 0.0477 e. The molecule has 0 spiro atoms. The van der Waals surface area contributed by atoms with E-state index in [9.17, 15) is 0 Å². The number of hydrogen-bond donors (Lipinski definition) is 3. The highest BCUT2D eigenvalue weighted by Crippen LogP contribution is 2.23.